The van der Waals surface area contributed by atoms with Gasteiger partial charge in [-0.15, -0.1) is 0 Å². The zero-order valence-corrected chi connectivity index (χ0v) is 11.9. The molecule has 0 aliphatic carbocycles. The molecule has 1 amide bonds. The van der Waals surface area contributed by atoms with Crippen LogP contribution in [0.3, 0.4) is 0 Å². The molecular weight excluding hydrogens is 242 g/mol. The Balaban J connectivity index is 3.07. The third-order valence-electron chi connectivity index (χ3n) is 3.61. The number of rotatable bonds is 5. The van der Waals surface area contributed by atoms with E-state index in [4.69, 9.17) is 0 Å². The van der Waals surface area contributed by atoms with Crippen molar-refractivity contribution < 1.29 is 14.7 Å². The number of hydrogen-bond donors (Lipinski definition) is 2. The third-order valence-corrected chi connectivity index (χ3v) is 3.61. The molecule has 104 valence electrons. The summed E-state index contributed by atoms with van der Waals surface area (Å²) in [6.45, 7) is 7.27. The average Bonchev–Trinajstić information content (AvgIpc) is 2.38. The first kappa shape index (κ1) is 15.2. The minimum atomic E-state index is -1.19. The van der Waals surface area contributed by atoms with E-state index in [-0.39, 0.29) is 5.91 Å². The van der Waals surface area contributed by atoms with Crippen LogP contribution in [0.25, 0.3) is 0 Å². The second-order valence-corrected chi connectivity index (χ2v) is 4.87. The van der Waals surface area contributed by atoms with E-state index in [2.05, 4.69) is 5.32 Å². The van der Waals surface area contributed by atoms with E-state index >= 15 is 0 Å². The van der Waals surface area contributed by atoms with Crippen molar-refractivity contribution in [3.63, 3.8) is 0 Å². The van der Waals surface area contributed by atoms with E-state index in [9.17, 15) is 14.7 Å². The van der Waals surface area contributed by atoms with Crippen LogP contribution in [-0.2, 0) is 4.79 Å². The lowest BCUT2D eigenvalue weighted by Crippen LogP contribution is -2.53. The lowest BCUT2D eigenvalue weighted by molar-refractivity contribution is -0.144. The van der Waals surface area contributed by atoms with Crippen LogP contribution in [-0.4, -0.2) is 22.5 Å². The third kappa shape index (κ3) is 3.13. The number of aliphatic carboxylic acids is 1. The Hall–Kier alpha value is -1.84. The largest absolute Gasteiger partial charge is 0.480 e. The Bertz CT molecular complexity index is 490. The molecule has 0 heterocycles. The Morgan fingerprint density at radius 1 is 1.21 bits per heavy atom. The molecule has 0 bridgehead atoms. The summed E-state index contributed by atoms with van der Waals surface area (Å²) in [5, 5.41) is 12.0. The summed E-state index contributed by atoms with van der Waals surface area (Å²) in [5.41, 5.74) is 1.17. The van der Waals surface area contributed by atoms with Crippen molar-refractivity contribution in [2.45, 2.75) is 46.1 Å². The highest BCUT2D eigenvalue weighted by molar-refractivity contribution is 5.99. The standard InChI is InChI=1S/C15H21NO3/c1-5-15(6-2,14(18)19)16-13(17)12-9-10(3)7-8-11(12)4/h7-9H,5-6H2,1-4H3,(H,16,17)(H,18,19). The number of carbonyl (C=O) groups is 2. The van der Waals surface area contributed by atoms with Gasteiger partial charge in [-0.2, -0.15) is 0 Å². The van der Waals surface area contributed by atoms with Crippen molar-refractivity contribution in [2.24, 2.45) is 0 Å². The minimum Gasteiger partial charge on any atom is -0.480 e. The summed E-state index contributed by atoms with van der Waals surface area (Å²) in [4.78, 5) is 23.7. The zero-order valence-electron chi connectivity index (χ0n) is 11.9. The number of amides is 1. The Morgan fingerprint density at radius 3 is 2.26 bits per heavy atom. The molecule has 0 saturated carbocycles. The van der Waals surface area contributed by atoms with Crippen molar-refractivity contribution in [2.75, 3.05) is 0 Å². The van der Waals surface area contributed by atoms with Crippen LogP contribution in [0.1, 0.15) is 48.2 Å². The molecule has 1 aromatic carbocycles. The topological polar surface area (TPSA) is 66.4 Å². The first-order valence-electron chi connectivity index (χ1n) is 6.49. The van der Waals surface area contributed by atoms with Gasteiger partial charge in [0.1, 0.15) is 5.54 Å². The van der Waals surface area contributed by atoms with Gasteiger partial charge in [-0.1, -0.05) is 31.5 Å². The molecule has 0 aliphatic heterocycles. The van der Waals surface area contributed by atoms with Crippen LogP contribution in [0.15, 0.2) is 18.2 Å². The number of hydrogen-bond acceptors (Lipinski definition) is 2. The number of carboxylic acids is 1. The molecule has 0 atom stereocenters. The summed E-state index contributed by atoms with van der Waals surface area (Å²) in [6.07, 6.45) is 0.713. The molecule has 0 spiro atoms. The average molecular weight is 263 g/mol. The highest BCUT2D eigenvalue weighted by Gasteiger charge is 2.36. The fourth-order valence-electron chi connectivity index (χ4n) is 2.05. The molecule has 1 aromatic rings. The van der Waals surface area contributed by atoms with Gasteiger partial charge < -0.3 is 10.4 Å². The smallest absolute Gasteiger partial charge is 0.329 e. The van der Waals surface area contributed by atoms with Gasteiger partial charge in [-0.25, -0.2) is 4.79 Å². The van der Waals surface area contributed by atoms with Crippen LogP contribution in [0.5, 0.6) is 0 Å². The van der Waals surface area contributed by atoms with E-state index in [0.29, 0.717) is 18.4 Å². The van der Waals surface area contributed by atoms with Crippen molar-refractivity contribution in [1.29, 1.82) is 0 Å². The SMILES string of the molecule is CCC(CC)(NC(=O)c1cc(C)ccc1C)C(=O)O. The van der Waals surface area contributed by atoms with Crippen LogP contribution in [0.4, 0.5) is 0 Å². The van der Waals surface area contributed by atoms with Crippen molar-refractivity contribution in [3.05, 3.63) is 34.9 Å². The van der Waals surface area contributed by atoms with Crippen LogP contribution >= 0.6 is 0 Å². The highest BCUT2D eigenvalue weighted by atomic mass is 16.4. The number of aryl methyl sites for hydroxylation is 2. The molecule has 0 radical (unpaired) electrons. The number of nitrogens with one attached hydrogen (secondary N) is 1. The maximum atomic E-state index is 12.3. The highest BCUT2D eigenvalue weighted by Crippen LogP contribution is 2.18. The van der Waals surface area contributed by atoms with Gasteiger partial charge in [-0.05, 0) is 38.3 Å². The molecule has 19 heavy (non-hydrogen) atoms. The van der Waals surface area contributed by atoms with Crippen LogP contribution in [0, 0.1) is 13.8 Å². The molecule has 1 rings (SSSR count). The summed E-state index contributed by atoms with van der Waals surface area (Å²) >= 11 is 0. The fourth-order valence-corrected chi connectivity index (χ4v) is 2.05. The molecular formula is C15H21NO3. The lowest BCUT2D eigenvalue weighted by Gasteiger charge is -2.28. The van der Waals surface area contributed by atoms with Gasteiger partial charge in [0.05, 0.1) is 0 Å². The summed E-state index contributed by atoms with van der Waals surface area (Å²) in [7, 11) is 0. The van der Waals surface area contributed by atoms with Crippen molar-refractivity contribution in [3.8, 4) is 0 Å². The molecule has 0 fully saturated rings. The van der Waals surface area contributed by atoms with Gasteiger partial charge in [0.25, 0.3) is 5.91 Å². The molecule has 0 saturated heterocycles. The van der Waals surface area contributed by atoms with E-state index in [1.165, 1.54) is 0 Å². The van der Waals surface area contributed by atoms with Gasteiger partial charge in [0.2, 0.25) is 0 Å². The molecule has 0 aromatic heterocycles. The summed E-state index contributed by atoms with van der Waals surface area (Å²) in [6, 6.07) is 5.57. The van der Waals surface area contributed by atoms with E-state index in [1.807, 2.05) is 26.0 Å². The van der Waals surface area contributed by atoms with Gasteiger partial charge in [-0.3, -0.25) is 4.79 Å². The van der Waals surface area contributed by atoms with Gasteiger partial charge >= 0.3 is 5.97 Å². The number of benzene rings is 1. The Kier molecular flexibility index (Phi) is 4.70. The minimum absolute atomic E-state index is 0.327. The second kappa shape index (κ2) is 5.87. The second-order valence-electron chi connectivity index (χ2n) is 4.87. The number of carbonyl (C=O) groups excluding carboxylic acids is 1. The van der Waals surface area contributed by atoms with E-state index in [0.717, 1.165) is 11.1 Å². The van der Waals surface area contributed by atoms with Gasteiger partial charge in [0.15, 0.2) is 0 Å². The lowest BCUT2D eigenvalue weighted by atomic mass is 9.92. The van der Waals surface area contributed by atoms with E-state index in [1.54, 1.807) is 19.9 Å². The normalized spacial score (nSPS) is 11.2. The first-order chi connectivity index (χ1) is 8.86. The van der Waals surface area contributed by atoms with Crippen LogP contribution < -0.4 is 5.32 Å². The van der Waals surface area contributed by atoms with E-state index < -0.39 is 11.5 Å². The summed E-state index contributed by atoms with van der Waals surface area (Å²) < 4.78 is 0. The predicted octanol–water partition coefficient (Wildman–Crippen LogP) is 2.68. The van der Waals surface area contributed by atoms with Crippen molar-refractivity contribution in [1.82, 2.24) is 5.32 Å². The molecule has 4 heteroatoms. The number of carboxylic acid groups (broad SMARTS) is 1. The quantitative estimate of drug-likeness (QED) is 0.858. The Labute approximate surface area is 113 Å². The predicted molar refractivity (Wildman–Crippen MR) is 74.3 cm³/mol. The van der Waals surface area contributed by atoms with Gasteiger partial charge in [0, 0.05) is 5.56 Å². The molecule has 2 N–H and O–H groups in total. The monoisotopic (exact) mass is 263 g/mol. The maximum Gasteiger partial charge on any atom is 0.329 e. The summed E-state index contributed by atoms with van der Waals surface area (Å²) in [5.74, 6) is -1.32. The van der Waals surface area contributed by atoms with Crippen molar-refractivity contribution >= 4 is 11.9 Å². The first-order valence-corrected chi connectivity index (χ1v) is 6.49. The Morgan fingerprint density at radius 2 is 1.79 bits per heavy atom. The fraction of sp³-hybridized carbons (Fsp3) is 0.467. The zero-order chi connectivity index (χ0) is 14.6. The maximum absolute atomic E-state index is 12.3. The van der Waals surface area contributed by atoms with Crippen LogP contribution in [0.2, 0.25) is 0 Å². The molecule has 4 nitrogen and oxygen atoms in total. The molecule has 0 unspecified atom stereocenters. The molecule has 0 aliphatic rings.